The second kappa shape index (κ2) is 11.4. The van der Waals surface area contributed by atoms with Crippen molar-refractivity contribution in [3.05, 3.63) is 91.3 Å². The number of nitro benzene ring substituents is 1. The summed E-state index contributed by atoms with van der Waals surface area (Å²) in [5.74, 6) is -0.887. The van der Waals surface area contributed by atoms with Crippen LogP contribution in [-0.2, 0) is 11.0 Å². The molecule has 0 atom stereocenters. The van der Waals surface area contributed by atoms with Crippen LogP contribution in [0.4, 0.5) is 24.5 Å². The van der Waals surface area contributed by atoms with Crippen LogP contribution in [0.25, 0.3) is 6.08 Å². The summed E-state index contributed by atoms with van der Waals surface area (Å²) in [7, 11) is 0. The standard InChI is InChI=1S/C26H19ClF3N3O5S/c1-3-37-21-11-15(12-22-24(34)32-25(39-22)31-17-7-4-14(2)5-8-17)10-18(27)23(21)38-20-9-6-16(26(28,29)30)13-19(20)33(35)36/h4-13H,3H2,1-2H3,(H,31,32,34)/b22-12-. The van der Waals surface area contributed by atoms with E-state index in [1.165, 1.54) is 12.1 Å². The minimum absolute atomic E-state index is 0.0426. The predicted octanol–water partition coefficient (Wildman–Crippen LogP) is 7.66. The zero-order chi connectivity index (χ0) is 28.3. The fourth-order valence-corrected chi connectivity index (χ4v) is 4.53. The molecule has 0 bridgehead atoms. The van der Waals surface area contributed by atoms with Crippen LogP contribution in [0, 0.1) is 17.0 Å². The molecule has 1 saturated heterocycles. The molecule has 0 spiro atoms. The smallest absolute Gasteiger partial charge is 0.416 e. The van der Waals surface area contributed by atoms with E-state index in [1.54, 1.807) is 13.0 Å². The van der Waals surface area contributed by atoms with E-state index >= 15 is 0 Å². The minimum Gasteiger partial charge on any atom is -0.490 e. The number of amides is 1. The Bertz CT molecular complexity index is 1510. The molecule has 13 heteroatoms. The van der Waals surface area contributed by atoms with Crippen molar-refractivity contribution in [1.82, 2.24) is 5.32 Å². The van der Waals surface area contributed by atoms with Gasteiger partial charge < -0.3 is 14.8 Å². The molecule has 1 N–H and O–H groups in total. The predicted molar refractivity (Wildman–Crippen MR) is 143 cm³/mol. The fourth-order valence-electron chi connectivity index (χ4n) is 3.43. The summed E-state index contributed by atoms with van der Waals surface area (Å²) >= 11 is 7.53. The summed E-state index contributed by atoms with van der Waals surface area (Å²) < 4.78 is 50.4. The SMILES string of the molecule is CCOc1cc(/C=C2\SC(=Nc3ccc(C)cc3)NC2=O)cc(Cl)c1Oc1ccc(C(F)(F)F)cc1[N+](=O)[O-]. The van der Waals surface area contributed by atoms with Gasteiger partial charge in [-0.05, 0) is 73.6 Å². The van der Waals surface area contributed by atoms with Crippen LogP contribution in [-0.4, -0.2) is 22.6 Å². The van der Waals surface area contributed by atoms with Crippen LogP contribution in [0.1, 0.15) is 23.6 Å². The number of rotatable bonds is 7. The molecule has 3 aromatic carbocycles. The second-order valence-electron chi connectivity index (χ2n) is 8.12. The number of benzene rings is 3. The van der Waals surface area contributed by atoms with Gasteiger partial charge in [0.2, 0.25) is 5.75 Å². The van der Waals surface area contributed by atoms with Crippen molar-refractivity contribution in [2.45, 2.75) is 20.0 Å². The van der Waals surface area contributed by atoms with E-state index in [0.29, 0.717) is 33.5 Å². The molecular weight excluding hydrogens is 559 g/mol. The third-order valence-corrected chi connectivity index (χ3v) is 6.43. The van der Waals surface area contributed by atoms with E-state index in [-0.39, 0.29) is 29.0 Å². The Balaban J connectivity index is 1.65. The summed E-state index contributed by atoms with van der Waals surface area (Å²) in [6.45, 7) is 3.79. The van der Waals surface area contributed by atoms with Gasteiger partial charge in [-0.1, -0.05) is 29.3 Å². The van der Waals surface area contributed by atoms with E-state index in [0.717, 1.165) is 23.4 Å². The van der Waals surface area contributed by atoms with E-state index in [1.807, 2.05) is 31.2 Å². The molecule has 39 heavy (non-hydrogen) atoms. The first-order valence-electron chi connectivity index (χ1n) is 11.3. The zero-order valence-electron chi connectivity index (χ0n) is 20.3. The lowest BCUT2D eigenvalue weighted by Crippen LogP contribution is -2.19. The van der Waals surface area contributed by atoms with Crippen molar-refractivity contribution in [2.24, 2.45) is 4.99 Å². The van der Waals surface area contributed by atoms with Gasteiger partial charge in [0, 0.05) is 6.07 Å². The largest absolute Gasteiger partial charge is 0.490 e. The Hall–Kier alpha value is -4.03. The Morgan fingerprint density at radius 3 is 2.49 bits per heavy atom. The number of nitrogens with one attached hydrogen (secondary N) is 1. The number of amidine groups is 1. The number of hydrogen-bond donors (Lipinski definition) is 1. The van der Waals surface area contributed by atoms with Gasteiger partial charge in [-0.15, -0.1) is 0 Å². The Kier molecular flexibility index (Phi) is 8.17. The molecule has 0 saturated carbocycles. The second-order valence-corrected chi connectivity index (χ2v) is 9.56. The van der Waals surface area contributed by atoms with Crippen LogP contribution in [0.5, 0.6) is 17.2 Å². The molecule has 1 heterocycles. The van der Waals surface area contributed by atoms with E-state index in [2.05, 4.69) is 10.3 Å². The van der Waals surface area contributed by atoms with Gasteiger partial charge >= 0.3 is 11.9 Å². The maximum atomic E-state index is 13.1. The highest BCUT2D eigenvalue weighted by Crippen LogP contribution is 2.44. The van der Waals surface area contributed by atoms with Crippen molar-refractivity contribution in [3.63, 3.8) is 0 Å². The summed E-state index contributed by atoms with van der Waals surface area (Å²) in [6, 6.07) is 12.3. The van der Waals surface area contributed by atoms with Crippen molar-refractivity contribution in [3.8, 4) is 17.2 Å². The fraction of sp³-hybridized carbons (Fsp3) is 0.154. The number of nitro groups is 1. The summed E-state index contributed by atoms with van der Waals surface area (Å²) in [6.07, 6.45) is -3.22. The van der Waals surface area contributed by atoms with Crippen LogP contribution in [0.2, 0.25) is 5.02 Å². The number of nitrogens with zero attached hydrogens (tertiary/aromatic N) is 2. The molecule has 1 amide bonds. The number of aryl methyl sites for hydroxylation is 1. The highest BCUT2D eigenvalue weighted by atomic mass is 35.5. The maximum absolute atomic E-state index is 13.1. The number of carbonyl (C=O) groups is 1. The molecule has 1 aliphatic heterocycles. The van der Waals surface area contributed by atoms with E-state index in [9.17, 15) is 28.1 Å². The molecule has 3 aromatic rings. The average Bonchev–Trinajstić information content (AvgIpc) is 3.20. The van der Waals surface area contributed by atoms with Crippen LogP contribution in [0.3, 0.4) is 0 Å². The first-order valence-corrected chi connectivity index (χ1v) is 12.5. The molecule has 202 valence electrons. The van der Waals surface area contributed by atoms with Crippen molar-refractivity contribution in [2.75, 3.05) is 6.61 Å². The first kappa shape index (κ1) is 28.0. The number of carbonyl (C=O) groups excluding carboxylic acids is 1. The van der Waals surface area contributed by atoms with Gasteiger partial charge in [0.25, 0.3) is 5.91 Å². The number of thioether (sulfide) groups is 1. The van der Waals surface area contributed by atoms with Gasteiger partial charge in [-0.2, -0.15) is 13.2 Å². The Morgan fingerprint density at radius 2 is 1.85 bits per heavy atom. The number of alkyl halides is 3. The zero-order valence-corrected chi connectivity index (χ0v) is 21.9. The molecule has 0 aliphatic carbocycles. The highest BCUT2D eigenvalue weighted by molar-refractivity contribution is 8.18. The van der Waals surface area contributed by atoms with Crippen molar-refractivity contribution < 1.29 is 32.4 Å². The normalized spacial score (nSPS) is 15.5. The van der Waals surface area contributed by atoms with E-state index < -0.39 is 28.1 Å². The number of halogens is 4. The van der Waals surface area contributed by atoms with Crippen molar-refractivity contribution in [1.29, 1.82) is 0 Å². The van der Waals surface area contributed by atoms with Gasteiger partial charge in [-0.3, -0.25) is 14.9 Å². The van der Waals surface area contributed by atoms with Crippen molar-refractivity contribution >= 4 is 51.9 Å². The minimum atomic E-state index is -4.78. The lowest BCUT2D eigenvalue weighted by Gasteiger charge is -2.15. The molecular formula is C26H19ClF3N3O5S. The monoisotopic (exact) mass is 577 g/mol. The molecule has 0 unspecified atom stereocenters. The molecule has 0 radical (unpaired) electrons. The summed E-state index contributed by atoms with van der Waals surface area (Å²) in [5.41, 5.74) is 0.105. The molecule has 8 nitrogen and oxygen atoms in total. The van der Waals surface area contributed by atoms with E-state index in [4.69, 9.17) is 21.1 Å². The van der Waals surface area contributed by atoms with Gasteiger partial charge in [0.1, 0.15) is 0 Å². The third-order valence-electron chi connectivity index (χ3n) is 5.24. The third kappa shape index (κ3) is 6.70. The first-order chi connectivity index (χ1) is 18.4. The van der Waals surface area contributed by atoms with Gasteiger partial charge in [0.05, 0.1) is 32.7 Å². The number of ether oxygens (including phenoxy) is 2. The molecule has 0 aromatic heterocycles. The van der Waals surface area contributed by atoms with Crippen LogP contribution in [0.15, 0.2) is 64.5 Å². The summed E-state index contributed by atoms with van der Waals surface area (Å²) in [5, 5.41) is 14.5. The maximum Gasteiger partial charge on any atom is 0.416 e. The lowest BCUT2D eigenvalue weighted by molar-refractivity contribution is -0.385. The van der Waals surface area contributed by atoms with Crippen LogP contribution >= 0.6 is 23.4 Å². The molecule has 1 fully saturated rings. The summed E-state index contributed by atoms with van der Waals surface area (Å²) in [4.78, 5) is 27.7. The highest BCUT2D eigenvalue weighted by Gasteiger charge is 2.34. The quantitative estimate of drug-likeness (QED) is 0.176. The Labute approximate surface area is 229 Å². The van der Waals surface area contributed by atoms with Crippen LogP contribution < -0.4 is 14.8 Å². The van der Waals surface area contributed by atoms with Gasteiger partial charge in [-0.25, -0.2) is 4.99 Å². The topological polar surface area (TPSA) is 103 Å². The molecule has 4 rings (SSSR count). The Morgan fingerprint density at radius 1 is 1.13 bits per heavy atom. The lowest BCUT2D eigenvalue weighted by atomic mass is 10.1. The van der Waals surface area contributed by atoms with Gasteiger partial charge in [0.15, 0.2) is 16.7 Å². The number of hydrogen-bond acceptors (Lipinski definition) is 7. The average molecular weight is 578 g/mol. The molecule has 1 aliphatic rings. The number of aliphatic imine (C=N–C) groups is 1.